The fourth-order valence-electron chi connectivity index (χ4n) is 3.48. The molecule has 1 atom stereocenters. The Morgan fingerprint density at radius 1 is 1.05 bits per heavy atom. The number of nitrogens with one attached hydrogen (secondary N) is 2. The quantitative estimate of drug-likeness (QED) is 0.267. The third kappa shape index (κ3) is 9.03. The predicted molar refractivity (Wildman–Crippen MR) is 135 cm³/mol. The lowest BCUT2D eigenvalue weighted by atomic mass is 9.96. The number of aromatic hydroxyl groups is 1. The molecule has 3 N–H and O–H groups in total. The Kier molecular flexibility index (Phi) is 10.8. The topological polar surface area (TPSA) is 162 Å². The number of aryl methyl sites for hydroxylation is 1. The van der Waals surface area contributed by atoms with Gasteiger partial charge in [-0.3, -0.25) is 14.4 Å². The molecule has 37 heavy (non-hydrogen) atoms. The number of nitrogens with zero attached hydrogens (tertiary/aromatic N) is 3. The molecule has 2 heterocycles. The first-order valence-corrected chi connectivity index (χ1v) is 12.3. The van der Waals surface area contributed by atoms with Gasteiger partial charge < -0.3 is 29.8 Å². The van der Waals surface area contributed by atoms with E-state index in [1.807, 2.05) is 0 Å². The Bertz CT molecular complexity index is 1060. The van der Waals surface area contributed by atoms with E-state index in [9.17, 15) is 24.3 Å². The number of hydrogen-bond donors (Lipinski definition) is 3. The van der Waals surface area contributed by atoms with Gasteiger partial charge in [0.25, 0.3) is 0 Å². The standard InChI is InChI=1S/C25H37N5O7/c1-25(2,3)24(35)29-18-14-16-21(28-18)26-15-30(22(16)33)13-9-7-6-8-10-19(31)27-17(23(34)37-5)11-12-20(32)36-4/h14-15,17,33H,6-13H2,1-5H3,(H,27,31)(H,29,35)/t17-/m0/s1. The van der Waals surface area contributed by atoms with Crippen LogP contribution in [0.25, 0.3) is 11.4 Å². The molecule has 0 fully saturated rings. The Morgan fingerprint density at radius 3 is 2.41 bits per heavy atom. The number of carbonyl (C=O) groups excluding carboxylic acids is 4. The number of ether oxygens (including phenoxy) is 2. The van der Waals surface area contributed by atoms with E-state index >= 15 is 0 Å². The molecule has 0 saturated carbocycles. The van der Waals surface area contributed by atoms with Crippen molar-refractivity contribution in [2.75, 3.05) is 19.5 Å². The minimum absolute atomic E-state index is 0.00460. The van der Waals surface area contributed by atoms with Crippen LogP contribution in [0.3, 0.4) is 0 Å². The molecule has 2 amide bonds. The van der Waals surface area contributed by atoms with Gasteiger partial charge in [-0.25, -0.2) is 14.8 Å². The molecule has 0 unspecified atom stereocenters. The molecular weight excluding hydrogens is 482 g/mol. The number of fused-ring (bicyclic) bond motifs is 1. The van der Waals surface area contributed by atoms with Gasteiger partial charge in [0.2, 0.25) is 17.7 Å². The van der Waals surface area contributed by atoms with E-state index < -0.39 is 23.4 Å². The van der Waals surface area contributed by atoms with Crippen LogP contribution in [0.4, 0.5) is 5.82 Å². The second kappa shape index (κ2) is 13.6. The fraction of sp³-hybridized carbons (Fsp3) is 0.600. The van der Waals surface area contributed by atoms with Crippen molar-refractivity contribution in [1.82, 2.24) is 19.9 Å². The van der Waals surface area contributed by atoms with Gasteiger partial charge in [0, 0.05) is 24.8 Å². The van der Waals surface area contributed by atoms with Gasteiger partial charge in [0.05, 0.1) is 26.1 Å². The number of anilines is 1. The summed E-state index contributed by atoms with van der Waals surface area (Å²) in [7, 11) is 2.48. The molecule has 0 saturated heterocycles. The number of esters is 2. The van der Waals surface area contributed by atoms with E-state index in [2.05, 4.69) is 25.3 Å². The van der Waals surface area contributed by atoms with E-state index in [0.29, 0.717) is 30.2 Å². The highest BCUT2D eigenvalue weighted by Gasteiger charge is 2.25. The van der Waals surface area contributed by atoms with Gasteiger partial charge in [-0.05, 0) is 25.3 Å². The lowest BCUT2D eigenvalue weighted by Crippen LogP contribution is -2.41. The predicted octanol–water partition coefficient (Wildman–Crippen LogP) is 2.63. The molecule has 2 rings (SSSR count). The highest BCUT2D eigenvalue weighted by molar-refractivity contribution is 5.94. The average Bonchev–Trinajstić information content (AvgIpc) is 3.27. The van der Waals surface area contributed by atoms with Gasteiger partial charge in [0.1, 0.15) is 11.9 Å². The zero-order valence-electron chi connectivity index (χ0n) is 22.1. The summed E-state index contributed by atoms with van der Waals surface area (Å²) in [6, 6.07) is 0.704. The Labute approximate surface area is 216 Å². The van der Waals surface area contributed by atoms with Crippen molar-refractivity contribution < 1.29 is 33.8 Å². The number of aromatic nitrogens is 3. The number of amides is 2. The van der Waals surface area contributed by atoms with Crippen molar-refractivity contribution in [2.45, 2.75) is 78.3 Å². The van der Waals surface area contributed by atoms with Gasteiger partial charge in [-0.2, -0.15) is 0 Å². The Hall–Kier alpha value is -3.70. The lowest BCUT2D eigenvalue weighted by Gasteiger charge is -2.16. The first kappa shape index (κ1) is 29.5. The molecule has 2 aliphatic rings. The molecule has 0 spiro atoms. The van der Waals surface area contributed by atoms with Crippen molar-refractivity contribution in [3.8, 4) is 17.3 Å². The normalized spacial score (nSPS) is 12.1. The summed E-state index contributed by atoms with van der Waals surface area (Å²) in [5, 5.41) is 16.0. The van der Waals surface area contributed by atoms with Gasteiger partial charge >= 0.3 is 11.9 Å². The van der Waals surface area contributed by atoms with Crippen LogP contribution in [0, 0.1) is 5.41 Å². The van der Waals surface area contributed by atoms with Crippen LogP contribution in [0.5, 0.6) is 5.88 Å². The van der Waals surface area contributed by atoms with Gasteiger partial charge in [0.15, 0.2) is 5.82 Å². The smallest absolute Gasteiger partial charge is 0.328 e. The van der Waals surface area contributed by atoms with E-state index in [-0.39, 0.29) is 37.0 Å². The fourth-order valence-corrected chi connectivity index (χ4v) is 3.48. The highest BCUT2D eigenvalue weighted by atomic mass is 16.5. The second-order valence-corrected chi connectivity index (χ2v) is 9.77. The molecule has 12 nitrogen and oxygen atoms in total. The maximum absolute atomic E-state index is 12.2. The summed E-state index contributed by atoms with van der Waals surface area (Å²) in [6.45, 7) is 5.92. The Balaban J connectivity index is 1.78. The van der Waals surface area contributed by atoms with Crippen molar-refractivity contribution in [2.24, 2.45) is 5.41 Å². The van der Waals surface area contributed by atoms with Gasteiger partial charge in [-0.15, -0.1) is 0 Å². The van der Waals surface area contributed by atoms with Crippen molar-refractivity contribution in [3.63, 3.8) is 0 Å². The monoisotopic (exact) mass is 519 g/mol. The number of hydrogen-bond acceptors (Lipinski definition) is 9. The minimum atomic E-state index is -0.897. The summed E-state index contributed by atoms with van der Waals surface area (Å²) in [5.74, 6) is -0.839. The van der Waals surface area contributed by atoms with Crippen LogP contribution in [0.1, 0.15) is 65.7 Å². The highest BCUT2D eigenvalue weighted by Crippen LogP contribution is 2.32. The van der Waals surface area contributed by atoms with Crippen LogP contribution in [-0.2, 0) is 35.2 Å². The molecule has 2 aliphatic heterocycles. The molecule has 0 aromatic rings. The molecule has 0 radical (unpaired) electrons. The number of unbranched alkanes of at least 4 members (excludes halogenated alkanes) is 3. The first-order chi connectivity index (χ1) is 17.5. The van der Waals surface area contributed by atoms with Crippen LogP contribution < -0.4 is 10.6 Å². The Morgan fingerprint density at radius 2 is 1.76 bits per heavy atom. The number of rotatable bonds is 13. The van der Waals surface area contributed by atoms with Crippen LogP contribution >= 0.6 is 0 Å². The maximum Gasteiger partial charge on any atom is 0.328 e. The molecule has 0 aliphatic carbocycles. The summed E-state index contributed by atoms with van der Waals surface area (Å²) in [4.78, 5) is 56.1. The average molecular weight is 520 g/mol. The molecule has 0 aromatic carbocycles. The molecule has 0 aromatic heterocycles. The van der Waals surface area contributed by atoms with E-state index in [4.69, 9.17) is 4.74 Å². The summed E-state index contributed by atoms with van der Waals surface area (Å²) in [5.41, 5.74) is -0.120. The minimum Gasteiger partial charge on any atom is -0.494 e. The van der Waals surface area contributed by atoms with E-state index in [1.54, 1.807) is 31.4 Å². The van der Waals surface area contributed by atoms with Crippen molar-refractivity contribution in [3.05, 3.63) is 12.4 Å². The zero-order chi connectivity index (χ0) is 27.6. The molecular formula is C25H37N5O7. The zero-order valence-corrected chi connectivity index (χ0v) is 22.1. The summed E-state index contributed by atoms with van der Waals surface area (Å²) >= 11 is 0. The van der Waals surface area contributed by atoms with Crippen LogP contribution in [0.2, 0.25) is 0 Å². The van der Waals surface area contributed by atoms with Crippen LogP contribution in [-0.4, -0.2) is 63.7 Å². The third-order valence-corrected chi connectivity index (χ3v) is 5.74. The first-order valence-electron chi connectivity index (χ1n) is 12.3. The second-order valence-electron chi connectivity index (χ2n) is 9.77. The van der Waals surface area contributed by atoms with Crippen molar-refractivity contribution >= 4 is 29.6 Å². The maximum atomic E-state index is 12.2. The third-order valence-electron chi connectivity index (χ3n) is 5.74. The van der Waals surface area contributed by atoms with E-state index in [1.165, 1.54) is 20.5 Å². The SMILES string of the molecule is COC(=O)CC[C@H](NC(=O)CCCCCCn1cnc2nc(NC(=O)C(C)(C)C)cc-2c1O)C(=O)OC. The van der Waals surface area contributed by atoms with Gasteiger partial charge in [-0.1, -0.05) is 33.6 Å². The molecule has 12 heteroatoms. The largest absolute Gasteiger partial charge is 0.494 e. The number of carbonyl (C=O) groups is 4. The number of methoxy groups -OCH3 is 2. The summed E-state index contributed by atoms with van der Waals surface area (Å²) in [6.07, 6.45) is 4.80. The summed E-state index contributed by atoms with van der Waals surface area (Å²) < 4.78 is 10.9. The van der Waals surface area contributed by atoms with Crippen molar-refractivity contribution in [1.29, 1.82) is 0 Å². The van der Waals surface area contributed by atoms with Crippen LogP contribution in [0.15, 0.2) is 12.4 Å². The molecule has 0 bridgehead atoms. The molecule has 204 valence electrons. The lowest BCUT2D eigenvalue weighted by molar-refractivity contribution is -0.146. The van der Waals surface area contributed by atoms with E-state index in [0.717, 1.165) is 19.3 Å².